The van der Waals surface area contributed by atoms with E-state index in [1.54, 1.807) is 0 Å². The Kier molecular flexibility index (Phi) is 5.74. The molecule has 0 aromatic heterocycles. The van der Waals surface area contributed by atoms with Crippen molar-refractivity contribution in [2.24, 2.45) is 11.0 Å². The molecule has 0 spiro atoms. The molecular formula is C12H23N3S. The molecule has 0 radical (unpaired) electrons. The number of hydrogen-bond acceptors (Lipinski definition) is 2. The van der Waals surface area contributed by atoms with E-state index >= 15 is 0 Å². The summed E-state index contributed by atoms with van der Waals surface area (Å²) < 4.78 is 0. The Labute approximate surface area is 104 Å². The van der Waals surface area contributed by atoms with Gasteiger partial charge in [0.2, 0.25) is 0 Å². The van der Waals surface area contributed by atoms with Crippen LogP contribution in [-0.4, -0.2) is 16.9 Å². The largest absolute Gasteiger partial charge is 0.358 e. The maximum atomic E-state index is 5.22. The van der Waals surface area contributed by atoms with E-state index in [4.69, 9.17) is 12.2 Å². The molecule has 1 aliphatic carbocycles. The van der Waals surface area contributed by atoms with Crippen LogP contribution in [-0.2, 0) is 0 Å². The molecule has 16 heavy (non-hydrogen) atoms. The molecule has 92 valence electrons. The number of hydrazone groups is 1. The normalized spacial score (nSPS) is 26.3. The fraction of sp³-hybridized carbons (Fsp3) is 0.833. The lowest BCUT2D eigenvalue weighted by molar-refractivity contribution is 0.308. The second kappa shape index (κ2) is 6.84. The molecule has 2 atom stereocenters. The number of nitrogens with one attached hydrogen (secondary N) is 2. The zero-order valence-electron chi connectivity index (χ0n) is 10.5. The van der Waals surface area contributed by atoms with Gasteiger partial charge < -0.3 is 5.32 Å². The van der Waals surface area contributed by atoms with Gasteiger partial charge in [0.15, 0.2) is 5.11 Å². The number of thiocarbonyl (C=S) groups is 1. The zero-order valence-corrected chi connectivity index (χ0v) is 11.4. The Morgan fingerprint density at radius 1 is 1.38 bits per heavy atom. The smallest absolute Gasteiger partial charge is 0.187 e. The van der Waals surface area contributed by atoms with Gasteiger partial charge in [-0.15, -0.1) is 0 Å². The van der Waals surface area contributed by atoms with Gasteiger partial charge in [-0.25, -0.2) is 0 Å². The van der Waals surface area contributed by atoms with Crippen LogP contribution in [0.25, 0.3) is 0 Å². The topological polar surface area (TPSA) is 36.4 Å². The van der Waals surface area contributed by atoms with Crippen LogP contribution in [0.1, 0.15) is 52.9 Å². The second-order valence-corrected chi connectivity index (χ2v) is 5.06. The Morgan fingerprint density at radius 3 is 2.69 bits per heavy atom. The molecule has 1 rings (SSSR count). The minimum Gasteiger partial charge on any atom is -0.358 e. The van der Waals surface area contributed by atoms with E-state index in [2.05, 4.69) is 29.7 Å². The van der Waals surface area contributed by atoms with Gasteiger partial charge in [-0.1, -0.05) is 26.7 Å². The molecule has 0 heterocycles. The zero-order chi connectivity index (χ0) is 12.0. The van der Waals surface area contributed by atoms with E-state index < -0.39 is 0 Å². The van der Waals surface area contributed by atoms with Crippen LogP contribution in [0.15, 0.2) is 5.10 Å². The fourth-order valence-corrected chi connectivity index (χ4v) is 2.15. The van der Waals surface area contributed by atoms with Gasteiger partial charge in [-0.3, -0.25) is 5.43 Å². The van der Waals surface area contributed by atoms with Gasteiger partial charge >= 0.3 is 0 Å². The van der Waals surface area contributed by atoms with Crippen molar-refractivity contribution in [3.05, 3.63) is 0 Å². The molecule has 0 aliphatic heterocycles. The van der Waals surface area contributed by atoms with Gasteiger partial charge in [0.05, 0.1) is 0 Å². The minimum absolute atomic E-state index is 0.519. The minimum atomic E-state index is 0.519. The van der Waals surface area contributed by atoms with E-state index in [1.807, 2.05) is 6.92 Å². The van der Waals surface area contributed by atoms with Crippen molar-refractivity contribution < 1.29 is 0 Å². The van der Waals surface area contributed by atoms with Crippen molar-refractivity contribution in [3.63, 3.8) is 0 Å². The highest BCUT2D eigenvalue weighted by Gasteiger charge is 2.21. The third-order valence-electron chi connectivity index (χ3n) is 3.29. The molecule has 0 saturated heterocycles. The third kappa shape index (κ3) is 4.47. The van der Waals surface area contributed by atoms with Gasteiger partial charge in [0.25, 0.3) is 0 Å². The monoisotopic (exact) mass is 241 g/mol. The maximum absolute atomic E-state index is 5.22. The highest BCUT2D eigenvalue weighted by Crippen LogP contribution is 2.23. The summed E-state index contributed by atoms with van der Waals surface area (Å²) in [5, 5.41) is 8.22. The van der Waals surface area contributed by atoms with Gasteiger partial charge in [0, 0.05) is 11.8 Å². The van der Waals surface area contributed by atoms with E-state index in [1.165, 1.54) is 25.7 Å². The summed E-state index contributed by atoms with van der Waals surface area (Å²) >= 11 is 5.22. The molecular weight excluding hydrogens is 218 g/mol. The van der Waals surface area contributed by atoms with Crippen LogP contribution in [0, 0.1) is 5.92 Å². The first-order valence-corrected chi connectivity index (χ1v) is 6.64. The van der Waals surface area contributed by atoms with Crippen molar-refractivity contribution in [3.8, 4) is 0 Å². The molecule has 0 amide bonds. The molecule has 3 nitrogen and oxygen atoms in total. The van der Waals surface area contributed by atoms with Crippen molar-refractivity contribution in [2.75, 3.05) is 0 Å². The van der Waals surface area contributed by atoms with Crippen LogP contribution in [0.4, 0.5) is 0 Å². The van der Waals surface area contributed by atoms with Gasteiger partial charge in [-0.05, 0) is 44.3 Å². The van der Waals surface area contributed by atoms with Crippen LogP contribution in [0.2, 0.25) is 0 Å². The molecule has 1 aliphatic rings. The molecule has 0 aromatic carbocycles. The second-order valence-electron chi connectivity index (χ2n) is 4.65. The SMILES string of the molecule is CC/C(C)=N\NC(=S)N[C@@H]1CCCC[C@@H]1C. The summed E-state index contributed by atoms with van der Waals surface area (Å²) in [7, 11) is 0. The Hall–Kier alpha value is -0.640. The maximum Gasteiger partial charge on any atom is 0.187 e. The van der Waals surface area contributed by atoms with Crippen molar-refractivity contribution >= 4 is 23.0 Å². The van der Waals surface area contributed by atoms with E-state index in [-0.39, 0.29) is 0 Å². The summed E-state index contributed by atoms with van der Waals surface area (Å²) in [6.07, 6.45) is 6.14. The Balaban J connectivity index is 2.33. The summed E-state index contributed by atoms with van der Waals surface area (Å²) in [4.78, 5) is 0. The first-order chi connectivity index (χ1) is 7.63. The summed E-state index contributed by atoms with van der Waals surface area (Å²) in [5.41, 5.74) is 3.98. The fourth-order valence-electron chi connectivity index (χ4n) is 1.96. The van der Waals surface area contributed by atoms with Gasteiger partial charge in [-0.2, -0.15) is 5.10 Å². The van der Waals surface area contributed by atoms with Crippen molar-refractivity contribution in [1.29, 1.82) is 0 Å². The van der Waals surface area contributed by atoms with Crippen molar-refractivity contribution in [2.45, 2.75) is 58.9 Å². The molecule has 0 bridgehead atoms. The molecule has 1 saturated carbocycles. The van der Waals surface area contributed by atoms with E-state index in [0.29, 0.717) is 17.1 Å². The lowest BCUT2D eigenvalue weighted by Crippen LogP contribution is -2.44. The number of hydrogen-bond donors (Lipinski definition) is 2. The lowest BCUT2D eigenvalue weighted by atomic mass is 9.86. The average Bonchev–Trinajstić information content (AvgIpc) is 2.29. The first-order valence-electron chi connectivity index (χ1n) is 6.23. The molecule has 4 heteroatoms. The first kappa shape index (κ1) is 13.4. The Bertz CT molecular complexity index is 263. The van der Waals surface area contributed by atoms with Gasteiger partial charge in [0.1, 0.15) is 0 Å². The molecule has 2 N–H and O–H groups in total. The molecule has 1 fully saturated rings. The van der Waals surface area contributed by atoms with Crippen LogP contribution in [0.5, 0.6) is 0 Å². The number of rotatable bonds is 3. The predicted molar refractivity (Wildman–Crippen MR) is 73.7 cm³/mol. The highest BCUT2D eigenvalue weighted by atomic mass is 32.1. The van der Waals surface area contributed by atoms with Crippen LogP contribution < -0.4 is 10.7 Å². The lowest BCUT2D eigenvalue weighted by Gasteiger charge is -2.30. The third-order valence-corrected chi connectivity index (χ3v) is 3.50. The average molecular weight is 241 g/mol. The van der Waals surface area contributed by atoms with E-state index in [9.17, 15) is 0 Å². The van der Waals surface area contributed by atoms with Crippen LogP contribution >= 0.6 is 12.2 Å². The summed E-state index contributed by atoms with van der Waals surface area (Å²) in [5.74, 6) is 0.713. The Morgan fingerprint density at radius 2 is 2.06 bits per heavy atom. The predicted octanol–water partition coefficient (Wildman–Crippen LogP) is 2.82. The quantitative estimate of drug-likeness (QED) is 0.453. The standard InChI is InChI=1S/C12H23N3S/c1-4-10(3)14-15-12(16)13-11-8-6-5-7-9(11)2/h9,11H,4-8H2,1-3H3,(H2,13,15,16)/b14-10-/t9-,11+/m0/s1. The van der Waals surface area contributed by atoms with E-state index in [0.717, 1.165) is 12.1 Å². The molecule has 0 aromatic rings. The number of nitrogens with zero attached hydrogens (tertiary/aromatic N) is 1. The van der Waals surface area contributed by atoms with Crippen LogP contribution in [0.3, 0.4) is 0 Å². The summed E-state index contributed by atoms with van der Waals surface area (Å²) in [6, 6.07) is 0.519. The molecule has 0 unspecified atom stereocenters. The summed E-state index contributed by atoms with van der Waals surface area (Å²) in [6.45, 7) is 6.37. The highest BCUT2D eigenvalue weighted by molar-refractivity contribution is 7.80. The van der Waals surface area contributed by atoms with Crippen molar-refractivity contribution in [1.82, 2.24) is 10.7 Å².